The zero-order chi connectivity index (χ0) is 32.7. The van der Waals surface area contributed by atoms with Gasteiger partial charge >= 0.3 is 11.7 Å². The van der Waals surface area contributed by atoms with Gasteiger partial charge in [-0.3, -0.25) is 9.10 Å². The molecule has 4 aromatic rings. The molecule has 1 fully saturated rings. The van der Waals surface area contributed by atoms with Crippen LogP contribution >= 0.6 is 0 Å². The molecule has 0 unspecified atom stereocenters. The number of ether oxygens (including phenoxy) is 1. The van der Waals surface area contributed by atoms with E-state index in [0.717, 1.165) is 60.7 Å². The van der Waals surface area contributed by atoms with E-state index in [4.69, 9.17) is 4.74 Å². The van der Waals surface area contributed by atoms with Crippen LogP contribution in [0.5, 0.6) is 5.75 Å². The molecule has 1 atom stereocenters. The maximum absolute atomic E-state index is 13.5. The number of sulfonamides is 1. The molecule has 3 aromatic carbocycles. The number of aliphatic carboxylic acids is 1. The number of rotatable bonds is 15. The average Bonchev–Trinajstić information content (AvgIpc) is 3.45. The Morgan fingerprint density at radius 3 is 2.46 bits per heavy atom. The van der Waals surface area contributed by atoms with Crippen molar-refractivity contribution in [3.63, 3.8) is 0 Å². The number of para-hydroxylation sites is 1. The quantitative estimate of drug-likeness (QED) is 0.129. The van der Waals surface area contributed by atoms with Crippen molar-refractivity contribution in [3.8, 4) is 5.75 Å². The number of piperidine rings is 1. The summed E-state index contributed by atoms with van der Waals surface area (Å²) in [6.45, 7) is 3.35. The van der Waals surface area contributed by atoms with Gasteiger partial charge in [0.1, 0.15) is 30.5 Å². The summed E-state index contributed by atoms with van der Waals surface area (Å²) in [6, 6.07) is 19.1. The fourth-order valence-electron chi connectivity index (χ4n) is 5.64. The van der Waals surface area contributed by atoms with Crippen molar-refractivity contribution < 1.29 is 28.2 Å². The number of carboxylic acids is 1. The van der Waals surface area contributed by atoms with E-state index in [1.807, 2.05) is 12.1 Å². The van der Waals surface area contributed by atoms with Crippen LogP contribution in [0.25, 0.3) is 11.0 Å². The van der Waals surface area contributed by atoms with E-state index in [9.17, 15) is 28.2 Å². The maximum atomic E-state index is 13.5. The van der Waals surface area contributed by atoms with Crippen molar-refractivity contribution in [1.82, 2.24) is 15.3 Å². The molecule has 0 aliphatic carbocycles. The molecule has 246 valence electrons. The average molecular weight is 652 g/mol. The minimum atomic E-state index is -4.09. The Balaban J connectivity index is 1.13. The summed E-state index contributed by atoms with van der Waals surface area (Å²) < 4.78 is 33.7. The van der Waals surface area contributed by atoms with Gasteiger partial charge in [0.05, 0.1) is 16.1 Å². The summed E-state index contributed by atoms with van der Waals surface area (Å²) in [5.41, 5.74) is 3.13. The highest BCUT2D eigenvalue weighted by molar-refractivity contribution is 7.92. The van der Waals surface area contributed by atoms with Crippen LogP contribution in [0, 0.1) is 0 Å². The lowest BCUT2D eigenvalue weighted by Crippen LogP contribution is -2.45. The van der Waals surface area contributed by atoms with Crippen molar-refractivity contribution in [2.75, 3.05) is 42.0 Å². The molecule has 0 spiro atoms. The van der Waals surface area contributed by atoms with Crippen LogP contribution < -0.4 is 24.9 Å². The molecule has 1 aliphatic rings. The van der Waals surface area contributed by atoms with Crippen molar-refractivity contribution in [2.24, 2.45) is 0 Å². The number of nitrogens with one attached hydrogen (secondary N) is 3. The number of carbonyl (C=O) groups is 1. The number of hydrogen-bond donors (Lipinski definition) is 5. The summed E-state index contributed by atoms with van der Waals surface area (Å²) in [7, 11) is -4.09. The Hall–Kier alpha value is -4.33. The van der Waals surface area contributed by atoms with Crippen molar-refractivity contribution in [3.05, 3.63) is 82.8 Å². The Morgan fingerprint density at radius 2 is 1.78 bits per heavy atom. The Morgan fingerprint density at radius 1 is 1.07 bits per heavy atom. The third-order valence-corrected chi connectivity index (χ3v) is 9.98. The lowest BCUT2D eigenvalue weighted by atomic mass is 10.0. The number of aromatic nitrogens is 2. The normalized spacial score (nSPS) is 14.8. The second-order valence-corrected chi connectivity index (χ2v) is 13.4. The predicted molar refractivity (Wildman–Crippen MR) is 177 cm³/mol. The van der Waals surface area contributed by atoms with Crippen molar-refractivity contribution in [1.29, 1.82) is 0 Å². The number of nitrogens with zero attached hydrogens (tertiary/aromatic N) is 2. The molecule has 5 rings (SSSR count). The number of aromatic amines is 2. The SMILES string of the molecule is CCCCc1ccc(S(=O)(=O)N(CC(=O)O)c2ccc(N3CCC(NC[C@H](O)COc4cccc5[nH]c(=O)[nH]c45)CC3)cc2)cc1. The molecule has 1 aliphatic heterocycles. The zero-order valence-corrected chi connectivity index (χ0v) is 26.6. The monoisotopic (exact) mass is 651 g/mol. The molecule has 1 saturated heterocycles. The number of aliphatic hydroxyl groups is 1. The van der Waals surface area contributed by atoms with Gasteiger partial charge < -0.3 is 35.1 Å². The van der Waals surface area contributed by atoms with E-state index >= 15 is 0 Å². The fourth-order valence-corrected chi connectivity index (χ4v) is 7.06. The van der Waals surface area contributed by atoms with Crippen LogP contribution in [0.4, 0.5) is 11.4 Å². The highest BCUT2D eigenvalue weighted by atomic mass is 32.2. The predicted octanol–water partition coefficient (Wildman–Crippen LogP) is 3.48. The number of anilines is 2. The second kappa shape index (κ2) is 14.8. The summed E-state index contributed by atoms with van der Waals surface area (Å²) in [4.78, 5) is 30.9. The Labute approximate surface area is 268 Å². The van der Waals surface area contributed by atoms with E-state index in [1.165, 1.54) is 0 Å². The molecule has 0 radical (unpaired) electrons. The van der Waals surface area contributed by atoms with Crippen LogP contribution in [-0.4, -0.2) is 79.5 Å². The number of carboxylic acid groups (broad SMARTS) is 1. The molecule has 12 nitrogen and oxygen atoms in total. The lowest BCUT2D eigenvalue weighted by Gasteiger charge is -2.34. The molecule has 0 amide bonds. The van der Waals surface area contributed by atoms with E-state index < -0.39 is 28.6 Å². The van der Waals surface area contributed by atoms with Gasteiger partial charge in [-0.25, -0.2) is 13.2 Å². The van der Waals surface area contributed by atoms with Gasteiger partial charge in [-0.15, -0.1) is 0 Å². The number of imidazole rings is 1. The zero-order valence-electron chi connectivity index (χ0n) is 25.8. The van der Waals surface area contributed by atoms with Crippen molar-refractivity contribution in [2.45, 2.75) is 56.1 Å². The molecule has 46 heavy (non-hydrogen) atoms. The number of H-pyrrole nitrogens is 2. The summed E-state index contributed by atoms with van der Waals surface area (Å²) >= 11 is 0. The third kappa shape index (κ3) is 8.08. The van der Waals surface area contributed by atoms with Crippen LogP contribution in [-0.2, 0) is 21.2 Å². The summed E-state index contributed by atoms with van der Waals surface area (Å²) in [5, 5.41) is 23.4. The second-order valence-electron chi connectivity index (χ2n) is 11.6. The lowest BCUT2D eigenvalue weighted by molar-refractivity contribution is -0.135. The first kappa shape index (κ1) is 33.0. The Bertz CT molecular complexity index is 1760. The molecule has 1 aromatic heterocycles. The Kier molecular flexibility index (Phi) is 10.7. The van der Waals surface area contributed by atoms with Gasteiger partial charge in [-0.05, 0) is 79.8 Å². The fraction of sp³-hybridized carbons (Fsp3) is 0.394. The number of benzene rings is 3. The van der Waals surface area contributed by atoms with Gasteiger partial charge in [-0.1, -0.05) is 31.5 Å². The highest BCUT2D eigenvalue weighted by Crippen LogP contribution is 2.28. The van der Waals surface area contributed by atoms with Gasteiger partial charge in [0.15, 0.2) is 0 Å². The summed E-state index contributed by atoms with van der Waals surface area (Å²) in [6.07, 6.45) is 3.85. The van der Waals surface area contributed by atoms with Gasteiger partial charge in [0, 0.05) is 31.4 Å². The van der Waals surface area contributed by atoms with Gasteiger partial charge in [0.2, 0.25) is 0 Å². The molecule has 0 bridgehead atoms. The van der Waals surface area contributed by atoms with Crippen LogP contribution in [0.15, 0.2) is 76.4 Å². The number of hydrogen-bond acceptors (Lipinski definition) is 8. The van der Waals surface area contributed by atoms with Gasteiger partial charge in [0.25, 0.3) is 10.0 Å². The summed E-state index contributed by atoms with van der Waals surface area (Å²) in [5.74, 6) is -0.748. The van der Waals surface area contributed by atoms with Crippen molar-refractivity contribution >= 4 is 38.4 Å². The van der Waals surface area contributed by atoms with E-state index in [0.29, 0.717) is 23.3 Å². The minimum absolute atomic E-state index is 0.0543. The topological polar surface area (TPSA) is 168 Å². The first-order valence-corrected chi connectivity index (χ1v) is 17.0. The number of fused-ring (bicyclic) bond motifs is 1. The number of aliphatic hydroxyl groups excluding tert-OH is 1. The smallest absolute Gasteiger partial charge is 0.324 e. The maximum Gasteiger partial charge on any atom is 0.324 e. The largest absolute Gasteiger partial charge is 0.489 e. The molecular weight excluding hydrogens is 610 g/mol. The van der Waals surface area contributed by atoms with Crippen LogP contribution in [0.3, 0.4) is 0 Å². The first-order valence-electron chi connectivity index (χ1n) is 15.6. The number of unbranched alkanes of at least 4 members (excludes halogenated alkanes) is 1. The van der Waals surface area contributed by atoms with E-state index in [1.54, 1.807) is 54.6 Å². The van der Waals surface area contributed by atoms with Crippen LogP contribution in [0.2, 0.25) is 0 Å². The van der Waals surface area contributed by atoms with Gasteiger partial charge in [-0.2, -0.15) is 0 Å². The first-order chi connectivity index (χ1) is 22.1. The minimum Gasteiger partial charge on any atom is -0.489 e. The highest BCUT2D eigenvalue weighted by Gasteiger charge is 2.28. The molecule has 2 heterocycles. The standard InChI is InChI=1S/C33H41N5O7S/c1-2-3-5-23-8-14-28(15-9-23)46(43,44)38(21-31(40)41)26-12-10-25(11-13-26)37-18-16-24(17-19-37)34-20-27(39)22-45-30-7-4-6-29-32(30)36-33(42)35-29/h4,6-15,24,27,34,39H,2-3,5,16-22H2,1H3,(H,40,41)(H2,35,36,42)/t27-/m0/s1. The van der Waals surface area contributed by atoms with E-state index in [2.05, 4.69) is 27.1 Å². The molecule has 5 N–H and O–H groups in total. The van der Waals surface area contributed by atoms with E-state index in [-0.39, 0.29) is 28.9 Å². The number of aryl methyl sites for hydroxylation is 1. The molecule has 13 heteroatoms. The van der Waals surface area contributed by atoms with Crippen LogP contribution in [0.1, 0.15) is 38.2 Å². The third-order valence-electron chi connectivity index (χ3n) is 8.19. The molecular formula is C33H41N5O7S. The molecule has 0 saturated carbocycles.